The summed E-state index contributed by atoms with van der Waals surface area (Å²) in [7, 11) is 0. The normalized spacial score (nSPS) is 48.6. The predicted octanol–water partition coefficient (Wildman–Crippen LogP) is -1.46. The van der Waals surface area contributed by atoms with E-state index >= 15 is 0 Å². The number of hydrogen-bond acceptors (Lipinski definition) is 5. The van der Waals surface area contributed by atoms with E-state index in [2.05, 4.69) is 6.92 Å². The van der Waals surface area contributed by atoms with Gasteiger partial charge in [-0.25, -0.2) is 0 Å². The third-order valence-corrected chi connectivity index (χ3v) is 4.03. The molecular weight excluding hydrogens is 210 g/mol. The van der Waals surface area contributed by atoms with Gasteiger partial charge in [-0.05, 0) is 12.3 Å². The first-order valence-corrected chi connectivity index (χ1v) is 6.02. The summed E-state index contributed by atoms with van der Waals surface area (Å²) in [6.07, 6.45) is -0.595. The van der Waals surface area contributed by atoms with Gasteiger partial charge in [0.2, 0.25) is 0 Å². The molecule has 94 valence electrons. The number of fused-ring (bicyclic) bond motifs is 1. The van der Waals surface area contributed by atoms with Crippen molar-refractivity contribution < 1.29 is 20.4 Å². The minimum atomic E-state index is -0.952. The summed E-state index contributed by atoms with van der Waals surface area (Å²) in [5, 5.41) is 38.9. The lowest BCUT2D eigenvalue weighted by Crippen LogP contribution is -2.40. The third-order valence-electron chi connectivity index (χ3n) is 4.03. The van der Waals surface area contributed by atoms with Crippen molar-refractivity contribution in [2.75, 3.05) is 13.2 Å². The Labute approximate surface area is 95.3 Å². The van der Waals surface area contributed by atoms with E-state index in [4.69, 9.17) is 0 Å². The minimum absolute atomic E-state index is 0.145. The number of rotatable bonds is 3. The summed E-state index contributed by atoms with van der Waals surface area (Å²) in [5.41, 5.74) is 0. The molecule has 0 aromatic rings. The highest BCUT2D eigenvalue weighted by molar-refractivity contribution is 5.09. The maximum Gasteiger partial charge on any atom is 0.0995 e. The smallest absolute Gasteiger partial charge is 0.0995 e. The zero-order valence-electron chi connectivity index (χ0n) is 9.53. The first kappa shape index (κ1) is 12.3. The number of aliphatic hydroxyl groups excluding tert-OH is 4. The van der Waals surface area contributed by atoms with Crippen LogP contribution >= 0.6 is 0 Å². The Bertz CT molecular complexity index is 250. The van der Waals surface area contributed by atoms with Gasteiger partial charge in [0, 0.05) is 6.54 Å². The second-order valence-corrected chi connectivity index (χ2v) is 4.96. The van der Waals surface area contributed by atoms with Gasteiger partial charge in [0.15, 0.2) is 0 Å². The molecule has 0 saturated carbocycles. The SMILES string of the molecule is CCCC1CN2[C@@H]([C@@H](O)[C@H](O)[C@H]2CO)[C@@H]1O. The van der Waals surface area contributed by atoms with Gasteiger partial charge >= 0.3 is 0 Å². The fourth-order valence-electron chi connectivity index (χ4n) is 3.20. The van der Waals surface area contributed by atoms with Crippen LogP contribution in [0.4, 0.5) is 0 Å². The Morgan fingerprint density at radius 3 is 2.38 bits per heavy atom. The molecule has 2 rings (SSSR count). The van der Waals surface area contributed by atoms with E-state index in [1.807, 2.05) is 4.90 Å². The fourth-order valence-corrected chi connectivity index (χ4v) is 3.20. The number of aliphatic hydroxyl groups is 4. The molecule has 2 fully saturated rings. The summed E-state index contributed by atoms with van der Waals surface area (Å²) in [5.74, 6) is 0.145. The lowest BCUT2D eigenvalue weighted by molar-refractivity contribution is -0.00991. The van der Waals surface area contributed by atoms with Gasteiger partial charge in [-0.15, -0.1) is 0 Å². The minimum Gasteiger partial charge on any atom is -0.395 e. The average Bonchev–Trinajstić information content (AvgIpc) is 2.68. The van der Waals surface area contributed by atoms with E-state index in [9.17, 15) is 20.4 Å². The molecule has 0 aromatic heterocycles. The van der Waals surface area contributed by atoms with Crippen LogP contribution in [0.1, 0.15) is 19.8 Å². The van der Waals surface area contributed by atoms with Crippen LogP contribution in [0.25, 0.3) is 0 Å². The molecule has 16 heavy (non-hydrogen) atoms. The van der Waals surface area contributed by atoms with Gasteiger partial charge in [0.1, 0.15) is 0 Å². The lowest BCUT2D eigenvalue weighted by Gasteiger charge is -2.22. The molecule has 0 bridgehead atoms. The van der Waals surface area contributed by atoms with Gasteiger partial charge in [0.05, 0.1) is 37.0 Å². The monoisotopic (exact) mass is 231 g/mol. The predicted molar refractivity (Wildman–Crippen MR) is 57.8 cm³/mol. The molecule has 0 spiro atoms. The molecule has 0 radical (unpaired) electrons. The molecule has 1 unspecified atom stereocenters. The third kappa shape index (κ3) is 1.67. The maximum absolute atomic E-state index is 10.1. The summed E-state index contributed by atoms with van der Waals surface area (Å²) in [6.45, 7) is 2.53. The fraction of sp³-hybridized carbons (Fsp3) is 1.00. The molecule has 6 atom stereocenters. The van der Waals surface area contributed by atoms with Crippen LogP contribution in [0.5, 0.6) is 0 Å². The zero-order valence-corrected chi connectivity index (χ0v) is 9.53. The molecule has 5 nitrogen and oxygen atoms in total. The van der Waals surface area contributed by atoms with Crippen molar-refractivity contribution in [3.05, 3.63) is 0 Å². The Kier molecular flexibility index (Phi) is 3.51. The molecule has 0 amide bonds. The molecule has 0 aromatic carbocycles. The topological polar surface area (TPSA) is 84.2 Å². The Morgan fingerprint density at radius 2 is 1.81 bits per heavy atom. The van der Waals surface area contributed by atoms with Crippen molar-refractivity contribution in [3.63, 3.8) is 0 Å². The van der Waals surface area contributed by atoms with Crippen molar-refractivity contribution >= 4 is 0 Å². The average molecular weight is 231 g/mol. The van der Waals surface area contributed by atoms with Crippen molar-refractivity contribution in [1.82, 2.24) is 4.90 Å². The zero-order chi connectivity index (χ0) is 11.9. The molecule has 2 heterocycles. The largest absolute Gasteiger partial charge is 0.395 e. The lowest BCUT2D eigenvalue weighted by atomic mass is 9.93. The molecule has 2 saturated heterocycles. The van der Waals surface area contributed by atoms with Gasteiger partial charge < -0.3 is 20.4 Å². The van der Waals surface area contributed by atoms with Crippen LogP contribution in [-0.4, -0.2) is 68.9 Å². The van der Waals surface area contributed by atoms with Gasteiger partial charge in [-0.3, -0.25) is 4.90 Å². The van der Waals surface area contributed by atoms with Gasteiger partial charge in [-0.1, -0.05) is 13.3 Å². The van der Waals surface area contributed by atoms with E-state index < -0.39 is 30.4 Å². The first-order chi connectivity index (χ1) is 7.61. The highest BCUT2D eigenvalue weighted by Gasteiger charge is 2.55. The molecule has 0 aliphatic carbocycles. The van der Waals surface area contributed by atoms with Crippen LogP contribution in [0.15, 0.2) is 0 Å². The van der Waals surface area contributed by atoms with E-state index in [0.29, 0.717) is 6.54 Å². The molecule has 5 heteroatoms. The van der Waals surface area contributed by atoms with Gasteiger partial charge in [-0.2, -0.15) is 0 Å². The second-order valence-electron chi connectivity index (χ2n) is 4.96. The van der Waals surface area contributed by atoms with Crippen molar-refractivity contribution in [2.45, 2.75) is 50.2 Å². The van der Waals surface area contributed by atoms with Crippen molar-refractivity contribution in [2.24, 2.45) is 5.92 Å². The van der Waals surface area contributed by atoms with Crippen LogP contribution in [0, 0.1) is 5.92 Å². The summed E-state index contributed by atoms with van der Waals surface area (Å²) in [6, 6.07) is -0.847. The van der Waals surface area contributed by atoms with E-state index in [0.717, 1.165) is 12.8 Å². The van der Waals surface area contributed by atoms with Crippen LogP contribution in [0.3, 0.4) is 0 Å². The van der Waals surface area contributed by atoms with Crippen molar-refractivity contribution in [3.8, 4) is 0 Å². The number of nitrogens with zero attached hydrogens (tertiary/aromatic N) is 1. The van der Waals surface area contributed by atoms with Crippen LogP contribution < -0.4 is 0 Å². The summed E-state index contributed by atoms with van der Waals surface area (Å²) < 4.78 is 0. The molecule has 2 aliphatic heterocycles. The maximum atomic E-state index is 10.1. The summed E-state index contributed by atoms with van der Waals surface area (Å²) in [4.78, 5) is 1.86. The highest BCUT2D eigenvalue weighted by atomic mass is 16.3. The molecule has 4 N–H and O–H groups in total. The van der Waals surface area contributed by atoms with E-state index in [-0.39, 0.29) is 12.5 Å². The Hall–Kier alpha value is -0.200. The Balaban J connectivity index is 2.13. The van der Waals surface area contributed by atoms with Crippen molar-refractivity contribution in [1.29, 1.82) is 0 Å². The second kappa shape index (κ2) is 4.58. The van der Waals surface area contributed by atoms with E-state index in [1.54, 1.807) is 0 Å². The number of hydrogen-bond donors (Lipinski definition) is 4. The van der Waals surface area contributed by atoms with Crippen LogP contribution in [0.2, 0.25) is 0 Å². The Morgan fingerprint density at radius 1 is 1.12 bits per heavy atom. The quantitative estimate of drug-likeness (QED) is 0.477. The van der Waals surface area contributed by atoms with Gasteiger partial charge in [0.25, 0.3) is 0 Å². The molecule has 2 aliphatic rings. The van der Waals surface area contributed by atoms with E-state index in [1.165, 1.54) is 0 Å². The molecular formula is C11H21NO4. The van der Waals surface area contributed by atoms with Crippen LogP contribution in [-0.2, 0) is 0 Å². The first-order valence-electron chi connectivity index (χ1n) is 6.02. The summed E-state index contributed by atoms with van der Waals surface area (Å²) >= 11 is 0. The standard InChI is InChI=1S/C11H21NO4/c1-2-3-6-4-12-7(5-13)10(15)11(16)8(12)9(6)14/h6-11,13-16H,2-5H2,1H3/t6?,7-,8-,9-,10-,11-/m1/s1. The highest BCUT2D eigenvalue weighted by Crippen LogP contribution is 2.37.